The average molecular weight is 222 g/mol. The molecule has 4 heteroatoms. The van der Waals surface area contributed by atoms with Crippen LogP contribution in [0.5, 0.6) is 5.75 Å². The molecule has 88 valence electrons. The monoisotopic (exact) mass is 222 g/mol. The van der Waals surface area contributed by atoms with Crippen molar-refractivity contribution in [2.24, 2.45) is 5.84 Å². The van der Waals surface area contributed by atoms with E-state index in [4.69, 9.17) is 15.3 Å². The summed E-state index contributed by atoms with van der Waals surface area (Å²) in [6.07, 6.45) is 2.16. The van der Waals surface area contributed by atoms with Gasteiger partial charge in [0.2, 0.25) is 0 Å². The number of nitrogens with two attached hydrogens (primary N) is 1. The summed E-state index contributed by atoms with van der Waals surface area (Å²) in [5, 5.41) is 0. The molecule has 0 saturated carbocycles. The second kappa shape index (κ2) is 5.30. The fourth-order valence-corrected chi connectivity index (χ4v) is 2.08. The van der Waals surface area contributed by atoms with Crippen LogP contribution in [0.1, 0.15) is 23.6 Å². The fourth-order valence-electron chi connectivity index (χ4n) is 2.08. The summed E-state index contributed by atoms with van der Waals surface area (Å²) < 4.78 is 10.9. The van der Waals surface area contributed by atoms with E-state index in [0.717, 1.165) is 30.8 Å². The van der Waals surface area contributed by atoms with Gasteiger partial charge in [0.1, 0.15) is 5.75 Å². The molecule has 0 saturated heterocycles. The van der Waals surface area contributed by atoms with Crippen molar-refractivity contribution in [3.63, 3.8) is 0 Å². The molecule has 0 aliphatic carbocycles. The van der Waals surface area contributed by atoms with E-state index < -0.39 is 0 Å². The highest BCUT2D eigenvalue weighted by Gasteiger charge is 2.19. The molecule has 3 N–H and O–H groups in total. The topological polar surface area (TPSA) is 56.5 Å². The van der Waals surface area contributed by atoms with Crippen molar-refractivity contribution < 1.29 is 9.47 Å². The van der Waals surface area contributed by atoms with Gasteiger partial charge in [-0.2, -0.15) is 0 Å². The lowest BCUT2D eigenvalue weighted by molar-refractivity contribution is 0.164. The third-order valence-electron chi connectivity index (χ3n) is 2.87. The van der Waals surface area contributed by atoms with Gasteiger partial charge in [-0.3, -0.25) is 11.3 Å². The Hall–Kier alpha value is -1.10. The molecule has 0 fully saturated rings. The average Bonchev–Trinajstić information content (AvgIpc) is 2.35. The van der Waals surface area contributed by atoms with E-state index in [1.165, 1.54) is 5.56 Å². The highest BCUT2D eigenvalue weighted by molar-refractivity contribution is 5.44. The van der Waals surface area contributed by atoms with Crippen LogP contribution in [0.4, 0.5) is 0 Å². The molecule has 1 aromatic carbocycles. The highest BCUT2D eigenvalue weighted by atomic mass is 16.5. The summed E-state index contributed by atoms with van der Waals surface area (Å²) in [5.41, 5.74) is 5.11. The number of hydrogen-bond donors (Lipinski definition) is 2. The molecule has 16 heavy (non-hydrogen) atoms. The Morgan fingerprint density at radius 3 is 3.19 bits per heavy atom. The summed E-state index contributed by atoms with van der Waals surface area (Å²) in [6, 6.07) is 6.17. The number of methoxy groups -OCH3 is 1. The van der Waals surface area contributed by atoms with Gasteiger partial charge in [0, 0.05) is 12.7 Å². The number of benzene rings is 1. The van der Waals surface area contributed by atoms with Crippen LogP contribution < -0.4 is 16.0 Å². The lowest BCUT2D eigenvalue weighted by Gasteiger charge is -2.24. The first-order valence-electron chi connectivity index (χ1n) is 5.56. The first-order chi connectivity index (χ1) is 7.86. The molecule has 1 aromatic rings. The van der Waals surface area contributed by atoms with Crippen molar-refractivity contribution in [1.82, 2.24) is 5.43 Å². The molecule has 0 spiro atoms. The minimum atomic E-state index is -0.0157. The van der Waals surface area contributed by atoms with E-state index in [1.54, 1.807) is 7.11 Å². The molecular weight excluding hydrogens is 204 g/mol. The van der Waals surface area contributed by atoms with Gasteiger partial charge in [0.05, 0.1) is 19.3 Å². The van der Waals surface area contributed by atoms with E-state index in [1.807, 2.05) is 12.1 Å². The zero-order valence-electron chi connectivity index (χ0n) is 9.53. The van der Waals surface area contributed by atoms with Gasteiger partial charge in [-0.15, -0.1) is 0 Å². The largest absolute Gasteiger partial charge is 0.493 e. The maximum absolute atomic E-state index is 5.73. The second-order valence-corrected chi connectivity index (χ2v) is 3.96. The van der Waals surface area contributed by atoms with Gasteiger partial charge in [0.15, 0.2) is 0 Å². The first-order valence-corrected chi connectivity index (χ1v) is 5.56. The van der Waals surface area contributed by atoms with Crippen LogP contribution in [0, 0.1) is 0 Å². The van der Waals surface area contributed by atoms with Gasteiger partial charge in [-0.05, 0) is 18.4 Å². The van der Waals surface area contributed by atoms with E-state index >= 15 is 0 Å². The van der Waals surface area contributed by atoms with Crippen molar-refractivity contribution in [2.45, 2.75) is 18.9 Å². The number of rotatable bonds is 4. The van der Waals surface area contributed by atoms with Crippen LogP contribution in [-0.4, -0.2) is 20.3 Å². The third-order valence-corrected chi connectivity index (χ3v) is 2.87. The molecule has 2 rings (SSSR count). The Morgan fingerprint density at radius 2 is 2.44 bits per heavy atom. The summed E-state index contributed by atoms with van der Waals surface area (Å²) in [6.45, 7) is 1.32. The van der Waals surface area contributed by atoms with Crippen LogP contribution in [0.15, 0.2) is 18.2 Å². The van der Waals surface area contributed by atoms with Gasteiger partial charge in [0.25, 0.3) is 0 Å². The Morgan fingerprint density at radius 1 is 1.56 bits per heavy atom. The van der Waals surface area contributed by atoms with Crippen LogP contribution >= 0.6 is 0 Å². The maximum Gasteiger partial charge on any atom is 0.127 e. The van der Waals surface area contributed by atoms with E-state index in [2.05, 4.69) is 11.5 Å². The zero-order chi connectivity index (χ0) is 11.4. The zero-order valence-corrected chi connectivity index (χ0v) is 9.53. The molecule has 1 aliphatic rings. The number of ether oxygens (including phenoxy) is 2. The number of aryl methyl sites for hydroxylation is 1. The molecule has 1 heterocycles. The predicted octanol–water partition coefficient (Wildman–Crippen LogP) is 1.16. The molecule has 0 aromatic heterocycles. The standard InChI is InChI=1S/C12H18N2O2/c1-15-8-11(14-13)10-6-2-4-9-5-3-7-16-12(9)10/h2,4,6,11,14H,3,5,7-8,13H2,1H3. The third kappa shape index (κ3) is 2.19. The first kappa shape index (κ1) is 11.4. The minimum absolute atomic E-state index is 0.0157. The van der Waals surface area contributed by atoms with E-state index in [9.17, 15) is 0 Å². The molecule has 0 radical (unpaired) electrons. The lowest BCUT2D eigenvalue weighted by atomic mass is 9.98. The smallest absolute Gasteiger partial charge is 0.127 e. The molecule has 0 amide bonds. The number of nitrogens with one attached hydrogen (secondary N) is 1. The number of fused-ring (bicyclic) bond motifs is 1. The van der Waals surface area contributed by atoms with E-state index in [0.29, 0.717) is 6.61 Å². The second-order valence-electron chi connectivity index (χ2n) is 3.96. The number of hydrazine groups is 1. The van der Waals surface area contributed by atoms with Gasteiger partial charge in [-0.1, -0.05) is 18.2 Å². The van der Waals surface area contributed by atoms with Crippen LogP contribution in [0.3, 0.4) is 0 Å². The van der Waals surface area contributed by atoms with Crippen molar-refractivity contribution in [2.75, 3.05) is 20.3 Å². The Bertz CT molecular complexity index is 355. The quantitative estimate of drug-likeness (QED) is 0.593. The van der Waals surface area contributed by atoms with Crippen molar-refractivity contribution >= 4 is 0 Å². The van der Waals surface area contributed by atoms with Gasteiger partial charge >= 0.3 is 0 Å². The Balaban J connectivity index is 2.31. The lowest BCUT2D eigenvalue weighted by Crippen LogP contribution is -2.32. The maximum atomic E-state index is 5.73. The molecule has 1 atom stereocenters. The van der Waals surface area contributed by atoms with Gasteiger partial charge in [-0.25, -0.2) is 0 Å². The molecule has 0 bridgehead atoms. The van der Waals surface area contributed by atoms with Crippen LogP contribution in [0.25, 0.3) is 0 Å². The summed E-state index contributed by atoms with van der Waals surface area (Å²) >= 11 is 0. The molecule has 1 unspecified atom stereocenters. The normalized spacial score (nSPS) is 16.4. The Kier molecular flexibility index (Phi) is 3.77. The van der Waals surface area contributed by atoms with Crippen molar-refractivity contribution in [1.29, 1.82) is 0 Å². The van der Waals surface area contributed by atoms with E-state index in [-0.39, 0.29) is 6.04 Å². The number of hydrogen-bond acceptors (Lipinski definition) is 4. The SMILES string of the molecule is COCC(NN)c1cccc2c1OCCC2. The predicted molar refractivity (Wildman–Crippen MR) is 62.2 cm³/mol. The van der Waals surface area contributed by atoms with Crippen molar-refractivity contribution in [3.8, 4) is 5.75 Å². The van der Waals surface area contributed by atoms with Gasteiger partial charge < -0.3 is 9.47 Å². The summed E-state index contributed by atoms with van der Waals surface area (Å²) in [7, 11) is 1.67. The fraction of sp³-hybridized carbons (Fsp3) is 0.500. The summed E-state index contributed by atoms with van der Waals surface area (Å²) in [5.74, 6) is 6.52. The number of para-hydroxylation sites is 1. The van der Waals surface area contributed by atoms with Crippen LogP contribution in [0.2, 0.25) is 0 Å². The Labute approximate surface area is 95.7 Å². The summed E-state index contributed by atoms with van der Waals surface area (Å²) in [4.78, 5) is 0. The van der Waals surface area contributed by atoms with Crippen LogP contribution in [-0.2, 0) is 11.2 Å². The molecular formula is C12H18N2O2. The minimum Gasteiger partial charge on any atom is -0.493 e. The molecule has 1 aliphatic heterocycles. The van der Waals surface area contributed by atoms with Crippen molar-refractivity contribution in [3.05, 3.63) is 29.3 Å². The molecule has 4 nitrogen and oxygen atoms in total. The highest BCUT2D eigenvalue weighted by Crippen LogP contribution is 2.32.